The molecule has 10 aromatic rings. The van der Waals surface area contributed by atoms with Gasteiger partial charge in [-0.05, 0) is 114 Å². The number of rotatable bonds is 8. The van der Waals surface area contributed by atoms with E-state index >= 15 is 0 Å². The molecule has 0 atom stereocenters. The first-order chi connectivity index (χ1) is 33.1. The molecule has 0 N–H and O–H groups in total. The van der Waals surface area contributed by atoms with E-state index in [2.05, 4.69) is 36.4 Å². The highest BCUT2D eigenvalue weighted by Crippen LogP contribution is 2.59. The Labute approximate surface area is 363 Å². The van der Waals surface area contributed by atoms with Crippen LogP contribution >= 0.6 is 0 Å². The zero-order chi connectivity index (χ0) is 46.8. The predicted molar refractivity (Wildman–Crippen MR) is 252 cm³/mol. The van der Waals surface area contributed by atoms with Crippen molar-refractivity contribution in [3.05, 3.63) is 271 Å². The van der Waals surface area contributed by atoms with E-state index in [0.717, 1.165) is 49.7 Å². The van der Waals surface area contributed by atoms with Crippen molar-refractivity contribution >= 4 is 27.8 Å². The van der Waals surface area contributed by atoms with Gasteiger partial charge in [0.2, 0.25) is 0 Å². The predicted octanol–water partition coefficient (Wildman–Crippen LogP) is 15.7. The van der Waals surface area contributed by atoms with Crippen molar-refractivity contribution in [1.82, 2.24) is 0 Å². The summed E-state index contributed by atoms with van der Waals surface area (Å²) in [6, 6.07) is 62.1. The van der Waals surface area contributed by atoms with Crippen LogP contribution in [0.4, 0.5) is 17.1 Å². The van der Waals surface area contributed by atoms with E-state index < -0.39 is 17.5 Å². The molecule has 0 heterocycles. The molecule has 0 radical (unpaired) electrons. The maximum atomic E-state index is 10.1. The molecule has 10 aromatic carbocycles. The molecule has 1 heteroatoms. The van der Waals surface area contributed by atoms with Crippen molar-refractivity contribution in [3.8, 4) is 44.5 Å². The summed E-state index contributed by atoms with van der Waals surface area (Å²) in [6.07, 6.45) is 0. The lowest BCUT2D eigenvalue weighted by Crippen LogP contribution is -2.28. The number of fused-ring (bicyclic) bond motifs is 4. The van der Waals surface area contributed by atoms with Crippen LogP contribution in [0.5, 0.6) is 0 Å². The smallest absolute Gasteiger partial charge is 0.0714 e. The highest BCUT2D eigenvalue weighted by molar-refractivity contribution is 5.98. The Morgan fingerprint density at radius 3 is 1.70 bits per heavy atom. The van der Waals surface area contributed by atoms with Gasteiger partial charge in [0.05, 0.1) is 22.1 Å². The Morgan fingerprint density at radius 1 is 0.367 bits per heavy atom. The standard InChI is InChI=1S/C59H41N/c1-4-17-42(18-5-1)46-21-14-22-47(39-46)44-35-37-52(38-36-44)60(53-28-15-23-48(41-53)49-34-33-43-19-10-11-20-45(43)40-49)57-32-16-31-56-58(57)54-29-12-13-30-55(54)59(56,50-24-6-2-7-25-50)51-26-8-3-9-27-51/h1-41H/i15D,23D,28D,35D,36D,37D,38D,41D. The normalized spacial score (nSPS) is 14.3. The molecular formula is C59H41N. The number of hydrogen-bond donors (Lipinski definition) is 0. The second-order valence-corrected chi connectivity index (χ2v) is 15.0. The minimum absolute atomic E-state index is 0.106. The average molecular weight is 772 g/mol. The maximum absolute atomic E-state index is 10.1. The fourth-order valence-corrected chi connectivity index (χ4v) is 8.99. The third-order valence-corrected chi connectivity index (χ3v) is 11.7. The number of anilines is 3. The molecule has 0 fully saturated rings. The van der Waals surface area contributed by atoms with Gasteiger partial charge in [0.1, 0.15) is 0 Å². The van der Waals surface area contributed by atoms with E-state index in [4.69, 9.17) is 0 Å². The number of hydrogen-bond acceptors (Lipinski definition) is 1. The van der Waals surface area contributed by atoms with Gasteiger partial charge < -0.3 is 4.90 Å². The third kappa shape index (κ3) is 5.94. The molecule has 0 bridgehead atoms. The SMILES string of the molecule is [2H]c1c([2H])c(-c2ccc3ccccc3c2)c([2H])c(N(c2cccc3c2-c2ccccc2C3(c2ccccc2)c2ccccc2)c2c([2H])c([2H])c(-c3cccc(-c4ccccc4)c3)c([2H])c2[2H])c1[2H]. The van der Waals surface area contributed by atoms with E-state index in [0.29, 0.717) is 22.4 Å². The average Bonchev–Trinajstić information content (AvgIpc) is 3.69. The second-order valence-electron chi connectivity index (χ2n) is 15.0. The van der Waals surface area contributed by atoms with E-state index in [-0.39, 0.29) is 58.8 Å². The summed E-state index contributed by atoms with van der Waals surface area (Å²) in [6.45, 7) is 0. The van der Waals surface area contributed by atoms with Crippen molar-refractivity contribution in [2.24, 2.45) is 0 Å². The van der Waals surface area contributed by atoms with Crippen LogP contribution in [0.3, 0.4) is 0 Å². The van der Waals surface area contributed by atoms with Crippen molar-refractivity contribution in [1.29, 1.82) is 0 Å². The summed E-state index contributed by atoms with van der Waals surface area (Å²) < 4.78 is 77.9. The Kier molecular flexibility index (Phi) is 6.90. The molecule has 0 spiro atoms. The molecule has 1 nitrogen and oxygen atoms in total. The highest BCUT2D eigenvalue weighted by atomic mass is 15.1. The minimum atomic E-state index is -0.867. The van der Waals surface area contributed by atoms with E-state index in [1.165, 1.54) is 4.90 Å². The number of benzene rings is 10. The Hall–Kier alpha value is -7.74. The molecule has 0 unspecified atom stereocenters. The van der Waals surface area contributed by atoms with Crippen LogP contribution in [0.1, 0.15) is 33.2 Å². The van der Waals surface area contributed by atoms with Crippen LogP contribution in [-0.2, 0) is 5.41 Å². The molecule has 0 saturated heterocycles. The first-order valence-corrected chi connectivity index (χ1v) is 20.1. The maximum Gasteiger partial charge on any atom is 0.0714 e. The van der Waals surface area contributed by atoms with E-state index in [1.807, 2.05) is 158 Å². The molecular weight excluding hydrogens is 723 g/mol. The van der Waals surface area contributed by atoms with Crippen LogP contribution in [-0.4, -0.2) is 0 Å². The summed E-state index contributed by atoms with van der Waals surface area (Å²) in [7, 11) is 0. The lowest BCUT2D eigenvalue weighted by atomic mass is 9.68. The van der Waals surface area contributed by atoms with E-state index in [1.54, 1.807) is 6.07 Å². The van der Waals surface area contributed by atoms with Gasteiger partial charge in [-0.2, -0.15) is 0 Å². The lowest BCUT2D eigenvalue weighted by Gasteiger charge is -2.34. The van der Waals surface area contributed by atoms with Gasteiger partial charge in [0, 0.05) is 16.9 Å². The Balaban J connectivity index is 1.25. The largest absolute Gasteiger partial charge is 0.310 e. The molecule has 1 aliphatic carbocycles. The summed E-state index contributed by atoms with van der Waals surface area (Å²) in [5, 5.41) is 1.82. The van der Waals surface area contributed by atoms with Crippen LogP contribution in [0.2, 0.25) is 0 Å². The van der Waals surface area contributed by atoms with Gasteiger partial charge in [-0.3, -0.25) is 0 Å². The van der Waals surface area contributed by atoms with Gasteiger partial charge in [-0.1, -0.05) is 206 Å². The lowest BCUT2D eigenvalue weighted by molar-refractivity contribution is 0.768. The zero-order valence-electron chi connectivity index (χ0n) is 40.5. The quantitative estimate of drug-likeness (QED) is 0.149. The fourth-order valence-electron chi connectivity index (χ4n) is 8.99. The summed E-state index contributed by atoms with van der Waals surface area (Å²) in [5.41, 5.74) is 7.60. The monoisotopic (exact) mass is 771 g/mol. The van der Waals surface area contributed by atoms with Crippen molar-refractivity contribution in [2.75, 3.05) is 4.90 Å². The van der Waals surface area contributed by atoms with Gasteiger partial charge >= 0.3 is 0 Å². The van der Waals surface area contributed by atoms with Gasteiger partial charge in [-0.25, -0.2) is 0 Å². The van der Waals surface area contributed by atoms with Crippen LogP contribution in [0.25, 0.3) is 55.3 Å². The Bertz CT molecular complexity index is 3550. The van der Waals surface area contributed by atoms with Crippen molar-refractivity contribution in [2.45, 2.75) is 5.41 Å². The summed E-state index contributed by atoms with van der Waals surface area (Å²) >= 11 is 0. The molecule has 11 rings (SSSR count). The van der Waals surface area contributed by atoms with Crippen LogP contribution < -0.4 is 4.90 Å². The zero-order valence-corrected chi connectivity index (χ0v) is 32.5. The van der Waals surface area contributed by atoms with Gasteiger partial charge in [-0.15, -0.1) is 0 Å². The molecule has 0 amide bonds. The molecule has 0 aromatic heterocycles. The third-order valence-electron chi connectivity index (χ3n) is 11.7. The van der Waals surface area contributed by atoms with Crippen molar-refractivity contribution < 1.29 is 11.0 Å². The summed E-state index contributed by atoms with van der Waals surface area (Å²) in [5.74, 6) is 0. The number of nitrogens with zero attached hydrogens (tertiary/aromatic N) is 1. The van der Waals surface area contributed by atoms with E-state index in [9.17, 15) is 11.0 Å². The molecule has 60 heavy (non-hydrogen) atoms. The van der Waals surface area contributed by atoms with Gasteiger partial charge in [0.15, 0.2) is 0 Å². The van der Waals surface area contributed by atoms with Gasteiger partial charge in [0.25, 0.3) is 0 Å². The molecule has 0 aliphatic heterocycles. The highest BCUT2D eigenvalue weighted by Gasteiger charge is 2.47. The second kappa shape index (κ2) is 14.9. The summed E-state index contributed by atoms with van der Waals surface area (Å²) in [4.78, 5) is 1.50. The minimum Gasteiger partial charge on any atom is -0.310 e. The Morgan fingerprint density at radius 2 is 0.950 bits per heavy atom. The first-order valence-electron chi connectivity index (χ1n) is 24.1. The first kappa shape index (κ1) is 27.8. The molecule has 0 saturated carbocycles. The van der Waals surface area contributed by atoms with Crippen molar-refractivity contribution in [3.63, 3.8) is 0 Å². The van der Waals surface area contributed by atoms with Crippen LogP contribution in [0, 0.1) is 0 Å². The fraction of sp³-hybridized carbons (Fsp3) is 0.0169. The van der Waals surface area contributed by atoms with Crippen LogP contribution in [0.15, 0.2) is 249 Å². The molecule has 282 valence electrons. The molecule has 1 aliphatic rings. The topological polar surface area (TPSA) is 3.24 Å².